The summed E-state index contributed by atoms with van der Waals surface area (Å²) < 4.78 is 36.3. The highest BCUT2D eigenvalue weighted by molar-refractivity contribution is 8.00. The summed E-state index contributed by atoms with van der Waals surface area (Å²) in [5.74, 6) is 0. The second kappa shape index (κ2) is 4.98. The van der Waals surface area contributed by atoms with E-state index in [1.807, 2.05) is 0 Å². The number of alkyl halides is 3. The molecule has 0 aliphatic heterocycles. The van der Waals surface area contributed by atoms with E-state index >= 15 is 0 Å². The van der Waals surface area contributed by atoms with E-state index in [0.717, 1.165) is 0 Å². The molecule has 0 bridgehead atoms. The van der Waals surface area contributed by atoms with Crippen LogP contribution >= 0.6 is 23.4 Å². The molecule has 0 heterocycles. The molecule has 0 aromatic heterocycles. The average molecular weight is 303 g/mol. The second-order valence-electron chi connectivity index (χ2n) is 2.84. The molecule has 0 atom stereocenters. The predicted molar refractivity (Wildman–Crippen MR) is 56.7 cm³/mol. The van der Waals surface area contributed by atoms with Crippen LogP contribution < -0.4 is 0 Å². The van der Waals surface area contributed by atoms with Gasteiger partial charge in [-0.25, -0.2) is 0 Å². The lowest BCUT2D eigenvalue weighted by atomic mass is 10.3. The minimum Gasteiger partial charge on any atom is -0.258 e. The molecule has 0 N–H and O–H groups in total. The van der Waals surface area contributed by atoms with Crippen LogP contribution in [0.3, 0.4) is 0 Å². The maximum absolute atomic E-state index is 12.1. The Morgan fingerprint density at radius 3 is 1.78 bits per heavy atom. The fourth-order valence-corrected chi connectivity index (χ4v) is 1.88. The Labute approximate surface area is 106 Å². The van der Waals surface area contributed by atoms with Crippen LogP contribution in [0.2, 0.25) is 5.02 Å². The number of nitro benzene ring substituents is 2. The summed E-state index contributed by atoms with van der Waals surface area (Å²) >= 11 is 4.67. The van der Waals surface area contributed by atoms with Crippen molar-refractivity contribution in [2.75, 3.05) is 0 Å². The maximum atomic E-state index is 12.1. The molecule has 0 radical (unpaired) electrons. The van der Waals surface area contributed by atoms with Gasteiger partial charge in [0, 0.05) is 17.0 Å². The molecule has 1 rings (SSSR count). The first-order chi connectivity index (χ1) is 8.11. The van der Waals surface area contributed by atoms with Crippen LogP contribution in [0.25, 0.3) is 0 Å². The number of thioether (sulfide) groups is 1. The van der Waals surface area contributed by atoms with E-state index in [9.17, 15) is 33.4 Å². The van der Waals surface area contributed by atoms with Crippen molar-refractivity contribution in [3.63, 3.8) is 0 Å². The van der Waals surface area contributed by atoms with Crippen molar-refractivity contribution >= 4 is 34.7 Å². The monoisotopic (exact) mass is 302 g/mol. The van der Waals surface area contributed by atoms with Crippen molar-refractivity contribution in [1.29, 1.82) is 0 Å². The maximum Gasteiger partial charge on any atom is 0.446 e. The molecule has 18 heavy (non-hydrogen) atoms. The standard InChI is InChI=1S/C7H2ClF3N2O4S/c8-6-4(12(14)15)1-3(18-7(9,10)11)2-5(6)13(16)17/h1-2H. The van der Waals surface area contributed by atoms with Gasteiger partial charge in [0.1, 0.15) is 0 Å². The van der Waals surface area contributed by atoms with Gasteiger partial charge < -0.3 is 0 Å². The molecule has 6 nitrogen and oxygen atoms in total. The lowest BCUT2D eigenvalue weighted by Gasteiger charge is -2.06. The number of nitro groups is 2. The Morgan fingerprint density at radius 2 is 1.50 bits per heavy atom. The Bertz CT molecular complexity index is 487. The van der Waals surface area contributed by atoms with E-state index in [0.29, 0.717) is 12.1 Å². The van der Waals surface area contributed by atoms with Crippen LogP contribution in [-0.2, 0) is 0 Å². The molecule has 0 spiro atoms. The third kappa shape index (κ3) is 3.47. The molecule has 0 amide bonds. The Kier molecular flexibility index (Phi) is 4.02. The highest BCUT2D eigenvalue weighted by Gasteiger charge is 2.33. The number of hydrogen-bond donors (Lipinski definition) is 0. The van der Waals surface area contributed by atoms with Crippen molar-refractivity contribution < 1.29 is 23.0 Å². The molecular formula is C7H2ClF3N2O4S. The molecule has 11 heteroatoms. The smallest absolute Gasteiger partial charge is 0.258 e. The van der Waals surface area contributed by atoms with E-state index in [-0.39, 0.29) is 0 Å². The zero-order valence-corrected chi connectivity index (χ0v) is 9.67. The van der Waals surface area contributed by atoms with E-state index in [2.05, 4.69) is 0 Å². The van der Waals surface area contributed by atoms with Crippen LogP contribution in [0.4, 0.5) is 24.5 Å². The predicted octanol–water partition coefficient (Wildman–Crippen LogP) is 3.77. The molecule has 1 aromatic carbocycles. The van der Waals surface area contributed by atoms with Gasteiger partial charge in [0.2, 0.25) is 0 Å². The molecule has 0 fully saturated rings. The van der Waals surface area contributed by atoms with Crippen LogP contribution in [0.15, 0.2) is 17.0 Å². The number of hydrogen-bond acceptors (Lipinski definition) is 5. The minimum atomic E-state index is -4.71. The van der Waals surface area contributed by atoms with Crippen molar-refractivity contribution in [1.82, 2.24) is 0 Å². The summed E-state index contributed by atoms with van der Waals surface area (Å²) in [7, 11) is 0. The van der Waals surface area contributed by atoms with E-state index in [4.69, 9.17) is 11.6 Å². The molecule has 98 valence electrons. The summed E-state index contributed by atoms with van der Waals surface area (Å²) in [6.07, 6.45) is 0. The fraction of sp³-hybridized carbons (Fsp3) is 0.143. The van der Waals surface area contributed by atoms with Crippen molar-refractivity contribution in [3.8, 4) is 0 Å². The van der Waals surface area contributed by atoms with Crippen molar-refractivity contribution in [3.05, 3.63) is 37.4 Å². The van der Waals surface area contributed by atoms with Crippen molar-refractivity contribution in [2.24, 2.45) is 0 Å². The van der Waals surface area contributed by atoms with Gasteiger partial charge >= 0.3 is 5.51 Å². The van der Waals surface area contributed by atoms with Gasteiger partial charge in [0.25, 0.3) is 11.4 Å². The first-order valence-electron chi connectivity index (χ1n) is 4.00. The summed E-state index contributed by atoms with van der Waals surface area (Å²) in [4.78, 5) is 18.2. The molecule has 0 saturated heterocycles. The van der Waals surface area contributed by atoms with Gasteiger partial charge in [-0.1, -0.05) is 11.6 Å². The lowest BCUT2D eigenvalue weighted by Crippen LogP contribution is -2.01. The minimum absolute atomic E-state index is 0.535. The zero-order chi connectivity index (χ0) is 14.1. The van der Waals surface area contributed by atoms with Gasteiger partial charge in [-0.05, 0) is 11.8 Å². The number of halogens is 4. The quantitative estimate of drug-likeness (QED) is 0.482. The van der Waals surface area contributed by atoms with Crippen LogP contribution in [0.1, 0.15) is 0 Å². The molecule has 0 unspecified atom stereocenters. The zero-order valence-electron chi connectivity index (χ0n) is 8.10. The molecule has 0 saturated carbocycles. The van der Waals surface area contributed by atoms with Gasteiger partial charge in [-0.3, -0.25) is 20.2 Å². The second-order valence-corrected chi connectivity index (χ2v) is 4.35. The number of nitrogens with zero attached hydrogens (tertiary/aromatic N) is 2. The summed E-state index contributed by atoms with van der Waals surface area (Å²) in [5.41, 5.74) is -6.61. The lowest BCUT2D eigenvalue weighted by molar-refractivity contribution is -0.394. The number of benzene rings is 1. The summed E-state index contributed by atoms with van der Waals surface area (Å²) in [6, 6.07) is 1.07. The Hall–Kier alpha value is -1.55. The summed E-state index contributed by atoms with van der Waals surface area (Å²) in [5, 5.41) is 20.2. The van der Waals surface area contributed by atoms with Crippen LogP contribution in [-0.4, -0.2) is 15.4 Å². The molecular weight excluding hydrogens is 301 g/mol. The molecule has 1 aromatic rings. The third-order valence-electron chi connectivity index (χ3n) is 1.63. The summed E-state index contributed by atoms with van der Waals surface area (Å²) in [6.45, 7) is 0. The molecule has 0 aliphatic rings. The largest absolute Gasteiger partial charge is 0.446 e. The SMILES string of the molecule is O=[N+]([O-])c1cc(SC(F)(F)F)cc([N+](=O)[O-])c1Cl. The Balaban J connectivity index is 3.38. The van der Waals surface area contributed by atoms with E-state index in [1.165, 1.54) is 0 Å². The topological polar surface area (TPSA) is 86.3 Å². The Morgan fingerprint density at radius 1 is 1.11 bits per heavy atom. The average Bonchev–Trinajstić information content (AvgIpc) is 2.17. The molecule has 0 aliphatic carbocycles. The first kappa shape index (κ1) is 14.5. The van der Waals surface area contributed by atoms with Gasteiger partial charge in [-0.15, -0.1) is 0 Å². The van der Waals surface area contributed by atoms with Gasteiger partial charge in [0.15, 0.2) is 5.02 Å². The van der Waals surface area contributed by atoms with Gasteiger partial charge in [-0.2, -0.15) is 13.2 Å². The van der Waals surface area contributed by atoms with E-state index < -0.39 is 48.4 Å². The highest BCUT2D eigenvalue weighted by Crippen LogP contribution is 2.43. The van der Waals surface area contributed by atoms with E-state index in [1.54, 1.807) is 0 Å². The number of rotatable bonds is 3. The normalized spacial score (nSPS) is 11.3. The van der Waals surface area contributed by atoms with Crippen LogP contribution in [0, 0.1) is 20.2 Å². The first-order valence-corrected chi connectivity index (χ1v) is 5.19. The fourth-order valence-electron chi connectivity index (χ4n) is 1.03. The highest BCUT2D eigenvalue weighted by atomic mass is 35.5. The van der Waals surface area contributed by atoms with Gasteiger partial charge in [0.05, 0.1) is 9.85 Å². The van der Waals surface area contributed by atoms with Crippen molar-refractivity contribution in [2.45, 2.75) is 10.4 Å². The van der Waals surface area contributed by atoms with Crippen LogP contribution in [0.5, 0.6) is 0 Å². The third-order valence-corrected chi connectivity index (χ3v) is 2.72.